The number of aromatic nitrogens is 1. The number of hydrogen-bond donors (Lipinski definition) is 2. The van der Waals surface area contributed by atoms with Crippen LogP contribution in [0.4, 0.5) is 11.5 Å². The van der Waals surface area contributed by atoms with E-state index in [2.05, 4.69) is 17.2 Å². The highest BCUT2D eigenvalue weighted by molar-refractivity contribution is 5.53. The van der Waals surface area contributed by atoms with Gasteiger partial charge in [0.15, 0.2) is 0 Å². The van der Waals surface area contributed by atoms with Gasteiger partial charge in [-0.15, -0.1) is 0 Å². The molecule has 1 aromatic heterocycles. The molecule has 0 aromatic carbocycles. The van der Waals surface area contributed by atoms with Crippen LogP contribution in [0.3, 0.4) is 0 Å². The summed E-state index contributed by atoms with van der Waals surface area (Å²) in [4.78, 5) is 4.42. The summed E-state index contributed by atoms with van der Waals surface area (Å²) < 4.78 is 5.41. The van der Waals surface area contributed by atoms with Crippen molar-refractivity contribution < 1.29 is 4.74 Å². The maximum absolute atomic E-state index is 5.81. The molecular weight excluding hydrogens is 226 g/mol. The van der Waals surface area contributed by atoms with Crippen LogP contribution in [0, 0.1) is 5.92 Å². The molecule has 1 aliphatic rings. The molecule has 1 heterocycles. The van der Waals surface area contributed by atoms with Gasteiger partial charge in [0.1, 0.15) is 5.82 Å². The second kappa shape index (κ2) is 5.94. The Hall–Kier alpha value is -1.45. The van der Waals surface area contributed by atoms with E-state index < -0.39 is 0 Å². The summed E-state index contributed by atoms with van der Waals surface area (Å²) >= 11 is 0. The van der Waals surface area contributed by atoms with Crippen molar-refractivity contribution in [3.05, 3.63) is 12.1 Å². The summed E-state index contributed by atoms with van der Waals surface area (Å²) in [7, 11) is 0. The number of rotatable bonds is 5. The second-order valence-electron chi connectivity index (χ2n) is 5.00. The molecular formula is C14H23N3O. The van der Waals surface area contributed by atoms with E-state index in [0.29, 0.717) is 24.2 Å². The lowest BCUT2D eigenvalue weighted by Gasteiger charge is -2.21. The summed E-state index contributed by atoms with van der Waals surface area (Å²) in [6.45, 7) is 4.75. The molecule has 4 nitrogen and oxygen atoms in total. The minimum absolute atomic E-state index is 0.457. The molecule has 1 unspecified atom stereocenters. The number of pyridine rings is 1. The third kappa shape index (κ3) is 3.06. The van der Waals surface area contributed by atoms with Crippen LogP contribution < -0.4 is 15.8 Å². The standard InChI is InChI=1S/C14H23N3O/c1-3-18-14-12(15)8-9-13(17-14)16-10(2)11-6-4-5-7-11/h8-11H,3-7,15H2,1-2H3,(H,16,17). The smallest absolute Gasteiger partial charge is 0.239 e. The largest absolute Gasteiger partial charge is 0.476 e. The molecule has 0 spiro atoms. The van der Waals surface area contributed by atoms with Crippen LogP contribution in [0.25, 0.3) is 0 Å². The van der Waals surface area contributed by atoms with E-state index in [1.807, 2.05) is 19.1 Å². The summed E-state index contributed by atoms with van der Waals surface area (Å²) in [6.07, 6.45) is 5.36. The predicted molar refractivity (Wildman–Crippen MR) is 74.9 cm³/mol. The van der Waals surface area contributed by atoms with Crippen LogP contribution in [0.1, 0.15) is 39.5 Å². The molecule has 18 heavy (non-hydrogen) atoms. The number of anilines is 2. The van der Waals surface area contributed by atoms with Crippen molar-refractivity contribution >= 4 is 11.5 Å². The van der Waals surface area contributed by atoms with Gasteiger partial charge in [0.05, 0.1) is 12.3 Å². The van der Waals surface area contributed by atoms with E-state index >= 15 is 0 Å². The number of ether oxygens (including phenoxy) is 1. The zero-order valence-corrected chi connectivity index (χ0v) is 11.3. The van der Waals surface area contributed by atoms with E-state index in [4.69, 9.17) is 10.5 Å². The molecule has 4 heteroatoms. The lowest BCUT2D eigenvalue weighted by molar-refractivity contribution is 0.329. The number of nitrogen functional groups attached to an aromatic ring is 1. The van der Waals surface area contributed by atoms with E-state index in [1.54, 1.807) is 0 Å². The van der Waals surface area contributed by atoms with Crippen LogP contribution in [-0.4, -0.2) is 17.6 Å². The van der Waals surface area contributed by atoms with Crippen molar-refractivity contribution in [2.24, 2.45) is 5.92 Å². The molecule has 100 valence electrons. The molecule has 0 saturated heterocycles. The lowest BCUT2D eigenvalue weighted by Crippen LogP contribution is -2.24. The molecule has 2 rings (SSSR count). The van der Waals surface area contributed by atoms with Crippen LogP contribution in [0.15, 0.2) is 12.1 Å². The second-order valence-corrected chi connectivity index (χ2v) is 5.00. The highest BCUT2D eigenvalue weighted by Gasteiger charge is 2.21. The third-order valence-electron chi connectivity index (χ3n) is 3.65. The number of nitrogens with zero attached hydrogens (tertiary/aromatic N) is 1. The molecule has 0 amide bonds. The quantitative estimate of drug-likeness (QED) is 0.842. The van der Waals surface area contributed by atoms with Crippen molar-refractivity contribution in [1.82, 2.24) is 4.98 Å². The molecule has 0 radical (unpaired) electrons. The molecule has 3 N–H and O–H groups in total. The fraction of sp³-hybridized carbons (Fsp3) is 0.643. The average Bonchev–Trinajstić information content (AvgIpc) is 2.87. The number of nitrogens with two attached hydrogens (primary N) is 1. The van der Waals surface area contributed by atoms with Crippen LogP contribution in [0.5, 0.6) is 5.88 Å². The van der Waals surface area contributed by atoms with Gasteiger partial charge in [0.2, 0.25) is 5.88 Å². The van der Waals surface area contributed by atoms with E-state index in [9.17, 15) is 0 Å². The summed E-state index contributed by atoms with van der Waals surface area (Å²) in [5.41, 5.74) is 6.41. The Labute approximate surface area is 109 Å². The van der Waals surface area contributed by atoms with Gasteiger partial charge in [-0.2, -0.15) is 4.98 Å². The van der Waals surface area contributed by atoms with Gasteiger partial charge < -0.3 is 15.8 Å². The van der Waals surface area contributed by atoms with E-state index in [1.165, 1.54) is 25.7 Å². The summed E-state index contributed by atoms with van der Waals surface area (Å²) in [6, 6.07) is 4.23. The highest BCUT2D eigenvalue weighted by Crippen LogP contribution is 2.29. The Morgan fingerprint density at radius 2 is 2.17 bits per heavy atom. The maximum atomic E-state index is 5.81. The highest BCUT2D eigenvalue weighted by atomic mass is 16.5. The molecule has 0 aliphatic heterocycles. The first-order valence-corrected chi connectivity index (χ1v) is 6.86. The predicted octanol–water partition coefficient (Wildman–Crippen LogP) is 3.05. The van der Waals surface area contributed by atoms with Gasteiger partial charge in [-0.3, -0.25) is 0 Å². The van der Waals surface area contributed by atoms with Crippen molar-refractivity contribution in [2.45, 2.75) is 45.6 Å². The zero-order valence-electron chi connectivity index (χ0n) is 11.3. The number of nitrogens with one attached hydrogen (secondary N) is 1. The first kappa shape index (κ1) is 13.0. The molecule has 1 saturated carbocycles. The van der Waals surface area contributed by atoms with E-state index in [0.717, 1.165) is 11.7 Å². The van der Waals surface area contributed by atoms with Crippen molar-refractivity contribution in [1.29, 1.82) is 0 Å². The molecule has 1 atom stereocenters. The maximum Gasteiger partial charge on any atom is 0.239 e. The Morgan fingerprint density at radius 3 is 2.83 bits per heavy atom. The van der Waals surface area contributed by atoms with Crippen molar-refractivity contribution in [2.75, 3.05) is 17.7 Å². The Balaban J connectivity index is 2.01. The molecule has 1 aromatic rings. The Kier molecular flexibility index (Phi) is 4.28. The monoisotopic (exact) mass is 249 g/mol. The number of hydrogen-bond acceptors (Lipinski definition) is 4. The van der Waals surface area contributed by atoms with Gasteiger partial charge in [-0.25, -0.2) is 0 Å². The van der Waals surface area contributed by atoms with Gasteiger partial charge in [-0.1, -0.05) is 12.8 Å². The third-order valence-corrected chi connectivity index (χ3v) is 3.65. The van der Waals surface area contributed by atoms with Crippen LogP contribution >= 0.6 is 0 Å². The van der Waals surface area contributed by atoms with Crippen LogP contribution in [-0.2, 0) is 0 Å². The fourth-order valence-electron chi connectivity index (χ4n) is 2.59. The van der Waals surface area contributed by atoms with Crippen LogP contribution in [0.2, 0.25) is 0 Å². The average molecular weight is 249 g/mol. The van der Waals surface area contributed by atoms with Crippen molar-refractivity contribution in [3.8, 4) is 5.88 Å². The van der Waals surface area contributed by atoms with Gasteiger partial charge in [0, 0.05) is 6.04 Å². The minimum Gasteiger partial charge on any atom is -0.476 e. The Bertz CT molecular complexity index is 389. The minimum atomic E-state index is 0.457. The Morgan fingerprint density at radius 1 is 1.44 bits per heavy atom. The summed E-state index contributed by atoms with van der Waals surface area (Å²) in [5.74, 6) is 2.15. The van der Waals surface area contributed by atoms with Crippen molar-refractivity contribution in [3.63, 3.8) is 0 Å². The van der Waals surface area contributed by atoms with Gasteiger partial charge in [-0.05, 0) is 44.7 Å². The zero-order chi connectivity index (χ0) is 13.0. The normalized spacial score (nSPS) is 17.7. The van der Waals surface area contributed by atoms with E-state index in [-0.39, 0.29) is 0 Å². The molecule has 0 bridgehead atoms. The fourth-order valence-corrected chi connectivity index (χ4v) is 2.59. The topological polar surface area (TPSA) is 60.2 Å². The lowest BCUT2D eigenvalue weighted by atomic mass is 10.00. The molecule has 1 fully saturated rings. The van der Waals surface area contributed by atoms with Gasteiger partial charge >= 0.3 is 0 Å². The van der Waals surface area contributed by atoms with Gasteiger partial charge in [0.25, 0.3) is 0 Å². The summed E-state index contributed by atoms with van der Waals surface area (Å²) in [5, 5.41) is 3.46. The SMILES string of the molecule is CCOc1nc(NC(C)C2CCCC2)ccc1N. The molecule has 1 aliphatic carbocycles. The first-order chi connectivity index (χ1) is 8.70. The first-order valence-electron chi connectivity index (χ1n) is 6.86.